The quantitative estimate of drug-likeness (QED) is 0.462. The van der Waals surface area contributed by atoms with Crippen LogP contribution in [0.3, 0.4) is 0 Å². The molecule has 0 aliphatic carbocycles. The monoisotopic (exact) mass is 391 g/mol. The molecule has 0 spiro atoms. The van der Waals surface area contributed by atoms with E-state index in [4.69, 9.17) is 0 Å². The molecule has 3 nitrogen and oxygen atoms in total. The van der Waals surface area contributed by atoms with Crippen molar-refractivity contribution in [2.24, 2.45) is 0 Å². The first-order valence-corrected chi connectivity index (χ1v) is 9.24. The molecular formula is C22H15F2N3S. The van der Waals surface area contributed by atoms with Crippen LogP contribution in [0.15, 0.2) is 72.8 Å². The molecule has 0 bridgehead atoms. The minimum Gasteiger partial charge on any atom is -0.208 e. The van der Waals surface area contributed by atoms with Gasteiger partial charge in [0.15, 0.2) is 17.5 Å². The first kappa shape index (κ1) is 18.3. The molecule has 1 aromatic heterocycles. The fourth-order valence-electron chi connectivity index (χ4n) is 2.72. The van der Waals surface area contributed by atoms with Gasteiger partial charge in [-0.05, 0) is 54.1 Å². The van der Waals surface area contributed by atoms with Crippen molar-refractivity contribution in [3.63, 3.8) is 0 Å². The maximum atomic E-state index is 13.3. The van der Waals surface area contributed by atoms with Gasteiger partial charge in [-0.25, -0.2) is 23.7 Å². The molecule has 0 saturated carbocycles. The fraction of sp³-hybridized carbons (Fsp3) is 0.0455. The Hall–Kier alpha value is -3.12. The molecule has 4 rings (SSSR count). The van der Waals surface area contributed by atoms with Crippen molar-refractivity contribution in [3.05, 3.63) is 90.0 Å². The Labute approximate surface area is 166 Å². The highest BCUT2D eigenvalue weighted by atomic mass is 32.1. The van der Waals surface area contributed by atoms with Crippen molar-refractivity contribution in [1.29, 1.82) is 0 Å². The molecule has 138 valence electrons. The lowest BCUT2D eigenvalue weighted by Gasteiger charge is -2.09. The number of rotatable bonds is 4. The second kappa shape index (κ2) is 7.86. The summed E-state index contributed by atoms with van der Waals surface area (Å²) < 4.78 is 26.6. The van der Waals surface area contributed by atoms with Gasteiger partial charge in [-0.1, -0.05) is 24.3 Å². The van der Waals surface area contributed by atoms with Crippen LogP contribution in [-0.4, -0.2) is 15.0 Å². The zero-order chi connectivity index (χ0) is 19.5. The zero-order valence-electron chi connectivity index (χ0n) is 14.7. The summed E-state index contributed by atoms with van der Waals surface area (Å²) in [6.07, 6.45) is 0. The Bertz CT molecular complexity index is 1030. The van der Waals surface area contributed by atoms with Crippen molar-refractivity contribution in [3.8, 4) is 34.2 Å². The van der Waals surface area contributed by atoms with Crippen LogP contribution >= 0.6 is 12.6 Å². The predicted molar refractivity (Wildman–Crippen MR) is 109 cm³/mol. The maximum absolute atomic E-state index is 13.3. The Morgan fingerprint density at radius 2 is 0.857 bits per heavy atom. The third kappa shape index (κ3) is 3.92. The highest BCUT2D eigenvalue weighted by Crippen LogP contribution is 2.25. The molecule has 0 radical (unpaired) electrons. The van der Waals surface area contributed by atoms with E-state index in [-0.39, 0.29) is 11.6 Å². The Morgan fingerprint density at radius 1 is 0.536 bits per heavy atom. The summed E-state index contributed by atoms with van der Waals surface area (Å²) in [5.41, 5.74) is 3.24. The van der Waals surface area contributed by atoms with E-state index in [1.54, 1.807) is 24.3 Å². The number of nitrogens with zero attached hydrogens (tertiary/aromatic N) is 3. The van der Waals surface area contributed by atoms with Gasteiger partial charge in [-0.15, -0.1) is 0 Å². The third-order valence-electron chi connectivity index (χ3n) is 4.23. The van der Waals surface area contributed by atoms with Crippen LogP contribution in [0.25, 0.3) is 34.2 Å². The summed E-state index contributed by atoms with van der Waals surface area (Å²) >= 11 is 4.27. The molecular weight excluding hydrogens is 376 g/mol. The SMILES string of the molecule is Fc1ccc(-c2nc(-c3ccc(F)cc3)nc(-c3ccc(CS)cc3)n2)cc1. The van der Waals surface area contributed by atoms with E-state index < -0.39 is 0 Å². The highest BCUT2D eigenvalue weighted by molar-refractivity contribution is 7.79. The molecule has 0 N–H and O–H groups in total. The lowest BCUT2D eigenvalue weighted by Crippen LogP contribution is -2.00. The van der Waals surface area contributed by atoms with Gasteiger partial charge >= 0.3 is 0 Å². The first-order chi connectivity index (χ1) is 13.6. The van der Waals surface area contributed by atoms with Gasteiger partial charge in [0.25, 0.3) is 0 Å². The van der Waals surface area contributed by atoms with E-state index in [1.807, 2.05) is 24.3 Å². The van der Waals surface area contributed by atoms with Crippen LogP contribution in [0.5, 0.6) is 0 Å². The lowest BCUT2D eigenvalue weighted by molar-refractivity contribution is 0.627. The van der Waals surface area contributed by atoms with Gasteiger partial charge in [0, 0.05) is 22.4 Å². The molecule has 1 heterocycles. The van der Waals surface area contributed by atoms with E-state index >= 15 is 0 Å². The molecule has 28 heavy (non-hydrogen) atoms. The Balaban J connectivity index is 1.86. The number of aromatic nitrogens is 3. The van der Waals surface area contributed by atoms with Gasteiger partial charge in [-0.2, -0.15) is 12.6 Å². The van der Waals surface area contributed by atoms with Crippen LogP contribution in [-0.2, 0) is 5.75 Å². The molecule has 3 aromatic carbocycles. The standard InChI is InChI=1S/C22H15F2N3S/c23-18-9-5-16(6-10-18)21-25-20(15-3-1-14(13-28)2-4-15)26-22(27-21)17-7-11-19(24)12-8-17/h1-12,28H,13H2. The van der Waals surface area contributed by atoms with Crippen LogP contribution in [0.4, 0.5) is 8.78 Å². The summed E-state index contributed by atoms with van der Waals surface area (Å²) in [6, 6.07) is 19.7. The zero-order valence-corrected chi connectivity index (χ0v) is 15.6. The van der Waals surface area contributed by atoms with E-state index in [1.165, 1.54) is 24.3 Å². The molecule has 6 heteroatoms. The smallest absolute Gasteiger partial charge is 0.164 e. The minimum atomic E-state index is -0.334. The van der Waals surface area contributed by atoms with Gasteiger partial charge in [0.2, 0.25) is 0 Å². The molecule has 0 atom stereocenters. The van der Waals surface area contributed by atoms with E-state index in [0.29, 0.717) is 34.4 Å². The second-order valence-corrected chi connectivity index (χ2v) is 6.49. The molecule has 0 aliphatic heterocycles. The van der Waals surface area contributed by atoms with E-state index in [2.05, 4.69) is 27.6 Å². The summed E-state index contributed by atoms with van der Waals surface area (Å²) in [5.74, 6) is 1.29. The summed E-state index contributed by atoms with van der Waals surface area (Å²) in [6.45, 7) is 0. The van der Waals surface area contributed by atoms with Crippen LogP contribution in [0.1, 0.15) is 5.56 Å². The summed E-state index contributed by atoms with van der Waals surface area (Å²) in [4.78, 5) is 13.6. The van der Waals surface area contributed by atoms with Crippen LogP contribution in [0, 0.1) is 11.6 Å². The lowest BCUT2D eigenvalue weighted by atomic mass is 10.1. The van der Waals surface area contributed by atoms with Crippen LogP contribution in [0.2, 0.25) is 0 Å². The van der Waals surface area contributed by atoms with Gasteiger partial charge < -0.3 is 0 Å². The minimum absolute atomic E-state index is 0.334. The predicted octanol–water partition coefficient (Wildman–Crippen LogP) is 5.58. The molecule has 0 amide bonds. The first-order valence-electron chi connectivity index (χ1n) is 8.60. The summed E-state index contributed by atoms with van der Waals surface area (Å²) in [5, 5.41) is 0. The van der Waals surface area contributed by atoms with Gasteiger partial charge in [-0.3, -0.25) is 0 Å². The highest BCUT2D eigenvalue weighted by Gasteiger charge is 2.12. The largest absolute Gasteiger partial charge is 0.208 e. The van der Waals surface area contributed by atoms with Crippen molar-refractivity contribution in [2.75, 3.05) is 0 Å². The molecule has 0 saturated heterocycles. The molecule has 4 aromatic rings. The normalized spacial score (nSPS) is 10.8. The molecule has 0 fully saturated rings. The molecule has 0 aliphatic rings. The molecule has 0 unspecified atom stereocenters. The summed E-state index contributed by atoms with van der Waals surface area (Å²) in [7, 11) is 0. The van der Waals surface area contributed by atoms with Crippen molar-refractivity contribution in [1.82, 2.24) is 15.0 Å². The van der Waals surface area contributed by atoms with Gasteiger partial charge in [0.05, 0.1) is 0 Å². The Morgan fingerprint density at radius 3 is 1.18 bits per heavy atom. The second-order valence-electron chi connectivity index (χ2n) is 6.18. The average Bonchev–Trinajstić information content (AvgIpc) is 2.74. The topological polar surface area (TPSA) is 38.7 Å². The van der Waals surface area contributed by atoms with E-state index in [9.17, 15) is 8.78 Å². The van der Waals surface area contributed by atoms with Crippen molar-refractivity contribution in [2.45, 2.75) is 5.75 Å². The number of benzene rings is 3. The van der Waals surface area contributed by atoms with Gasteiger partial charge in [0.1, 0.15) is 11.6 Å². The number of hydrogen-bond acceptors (Lipinski definition) is 4. The Kier molecular flexibility index (Phi) is 5.12. The number of hydrogen-bond donors (Lipinski definition) is 1. The maximum Gasteiger partial charge on any atom is 0.164 e. The van der Waals surface area contributed by atoms with Crippen molar-refractivity contribution < 1.29 is 8.78 Å². The van der Waals surface area contributed by atoms with Crippen molar-refractivity contribution >= 4 is 12.6 Å². The van der Waals surface area contributed by atoms with E-state index in [0.717, 1.165) is 11.1 Å². The fourth-order valence-corrected chi connectivity index (χ4v) is 2.93. The average molecular weight is 391 g/mol. The number of thiol groups is 1. The number of halogens is 2. The van der Waals surface area contributed by atoms with Crippen LogP contribution < -0.4 is 0 Å². The third-order valence-corrected chi connectivity index (χ3v) is 4.60.